The summed E-state index contributed by atoms with van der Waals surface area (Å²) < 4.78 is 0. The number of carbonyl (C=O) groups excluding carboxylic acids is 1. The Morgan fingerprint density at radius 3 is 2.33 bits per heavy atom. The summed E-state index contributed by atoms with van der Waals surface area (Å²) in [7, 11) is 0. The highest BCUT2D eigenvalue weighted by molar-refractivity contribution is 5.99. The molecule has 0 unspecified atom stereocenters. The van der Waals surface area contributed by atoms with Crippen molar-refractivity contribution in [3.8, 4) is 0 Å². The molecular formula is C13H19NO. The van der Waals surface area contributed by atoms with Crippen molar-refractivity contribution in [1.82, 2.24) is 5.32 Å². The molecule has 1 N–H and O–H groups in total. The summed E-state index contributed by atoms with van der Waals surface area (Å²) in [6.07, 6.45) is 0. The zero-order valence-electron chi connectivity index (χ0n) is 9.98. The molecule has 0 spiro atoms. The van der Waals surface area contributed by atoms with Gasteiger partial charge in [0.05, 0.1) is 6.54 Å². The van der Waals surface area contributed by atoms with Gasteiger partial charge in [-0.3, -0.25) is 4.79 Å². The van der Waals surface area contributed by atoms with E-state index in [0.717, 1.165) is 17.7 Å². The Bertz CT molecular complexity index is 369. The number of aryl methyl sites for hydroxylation is 3. The number of hydrogen-bond acceptors (Lipinski definition) is 2. The van der Waals surface area contributed by atoms with Gasteiger partial charge in [0.25, 0.3) is 0 Å². The molecule has 82 valence electrons. The molecule has 0 aliphatic rings. The van der Waals surface area contributed by atoms with Crippen molar-refractivity contribution in [1.29, 1.82) is 0 Å². The topological polar surface area (TPSA) is 29.1 Å². The summed E-state index contributed by atoms with van der Waals surface area (Å²) in [5.74, 6) is 0.178. The fourth-order valence-electron chi connectivity index (χ4n) is 1.59. The van der Waals surface area contributed by atoms with Gasteiger partial charge in [0, 0.05) is 5.56 Å². The molecule has 0 saturated carbocycles. The Hall–Kier alpha value is -1.15. The second-order valence-electron chi connectivity index (χ2n) is 3.95. The highest BCUT2D eigenvalue weighted by atomic mass is 16.1. The maximum absolute atomic E-state index is 11.8. The Kier molecular flexibility index (Phi) is 4.04. The van der Waals surface area contributed by atoms with Crippen LogP contribution < -0.4 is 5.32 Å². The van der Waals surface area contributed by atoms with Crippen LogP contribution in [-0.4, -0.2) is 18.9 Å². The van der Waals surface area contributed by atoms with Crippen LogP contribution in [0.5, 0.6) is 0 Å². The number of hydrogen-bond donors (Lipinski definition) is 1. The minimum absolute atomic E-state index is 0.178. The molecular weight excluding hydrogens is 186 g/mol. The molecule has 0 heterocycles. The molecule has 1 aromatic carbocycles. The van der Waals surface area contributed by atoms with Crippen LogP contribution in [0.15, 0.2) is 12.1 Å². The molecule has 1 aromatic rings. The molecule has 0 aliphatic heterocycles. The van der Waals surface area contributed by atoms with Gasteiger partial charge in [-0.05, 0) is 50.1 Å². The minimum Gasteiger partial charge on any atom is -0.310 e. The van der Waals surface area contributed by atoms with E-state index in [9.17, 15) is 4.79 Å². The Morgan fingerprint density at radius 2 is 1.73 bits per heavy atom. The largest absolute Gasteiger partial charge is 0.310 e. The van der Waals surface area contributed by atoms with Crippen molar-refractivity contribution >= 4 is 5.78 Å². The van der Waals surface area contributed by atoms with Gasteiger partial charge in [-0.25, -0.2) is 0 Å². The molecule has 0 aromatic heterocycles. The van der Waals surface area contributed by atoms with Gasteiger partial charge < -0.3 is 5.32 Å². The van der Waals surface area contributed by atoms with E-state index in [1.807, 2.05) is 26.8 Å². The van der Waals surface area contributed by atoms with E-state index in [4.69, 9.17) is 0 Å². The van der Waals surface area contributed by atoms with E-state index in [2.05, 4.69) is 18.3 Å². The summed E-state index contributed by atoms with van der Waals surface area (Å²) >= 11 is 0. The predicted molar refractivity (Wildman–Crippen MR) is 63.5 cm³/mol. The second kappa shape index (κ2) is 5.08. The standard InChI is InChI=1S/C13H19NO/c1-5-14-8-13(15)12-7-10(3)9(2)6-11(12)4/h6-7,14H,5,8H2,1-4H3. The fourth-order valence-corrected chi connectivity index (χ4v) is 1.59. The lowest BCUT2D eigenvalue weighted by molar-refractivity contribution is 0.0991. The highest BCUT2D eigenvalue weighted by Crippen LogP contribution is 2.15. The minimum atomic E-state index is 0.178. The first kappa shape index (κ1) is 11.9. The van der Waals surface area contributed by atoms with Gasteiger partial charge in [0.2, 0.25) is 0 Å². The zero-order chi connectivity index (χ0) is 11.4. The van der Waals surface area contributed by atoms with Crippen LogP contribution in [0.3, 0.4) is 0 Å². The van der Waals surface area contributed by atoms with Crippen LogP contribution in [0.4, 0.5) is 0 Å². The van der Waals surface area contributed by atoms with E-state index in [-0.39, 0.29) is 5.78 Å². The summed E-state index contributed by atoms with van der Waals surface area (Å²) in [6.45, 7) is 9.36. The first-order valence-electron chi connectivity index (χ1n) is 5.38. The van der Waals surface area contributed by atoms with Crippen LogP contribution in [0.25, 0.3) is 0 Å². The SMILES string of the molecule is CCNCC(=O)c1cc(C)c(C)cc1C. The second-order valence-corrected chi connectivity index (χ2v) is 3.95. The van der Waals surface area contributed by atoms with Crippen LogP contribution in [0, 0.1) is 20.8 Å². The number of Topliss-reactive ketones (excluding diaryl/α,β-unsaturated/α-hetero) is 1. The normalized spacial score (nSPS) is 10.4. The van der Waals surface area contributed by atoms with Crippen molar-refractivity contribution in [2.24, 2.45) is 0 Å². The lowest BCUT2D eigenvalue weighted by atomic mass is 9.98. The lowest BCUT2D eigenvalue weighted by Gasteiger charge is -2.09. The average molecular weight is 205 g/mol. The molecule has 2 nitrogen and oxygen atoms in total. The maximum Gasteiger partial charge on any atom is 0.176 e. The number of rotatable bonds is 4. The zero-order valence-corrected chi connectivity index (χ0v) is 9.98. The van der Waals surface area contributed by atoms with Crippen molar-refractivity contribution < 1.29 is 4.79 Å². The number of nitrogens with one attached hydrogen (secondary N) is 1. The molecule has 0 bridgehead atoms. The molecule has 1 rings (SSSR count). The number of likely N-dealkylation sites (N-methyl/N-ethyl adjacent to an activating group) is 1. The monoisotopic (exact) mass is 205 g/mol. The van der Waals surface area contributed by atoms with Crippen LogP contribution in [-0.2, 0) is 0 Å². The maximum atomic E-state index is 11.8. The van der Waals surface area contributed by atoms with Gasteiger partial charge in [0.1, 0.15) is 0 Å². The van der Waals surface area contributed by atoms with E-state index in [1.165, 1.54) is 11.1 Å². The average Bonchev–Trinajstić information content (AvgIpc) is 2.20. The van der Waals surface area contributed by atoms with Crippen molar-refractivity contribution in [3.05, 3.63) is 34.4 Å². The summed E-state index contributed by atoms with van der Waals surface area (Å²) in [5, 5.41) is 3.06. The molecule has 0 saturated heterocycles. The van der Waals surface area contributed by atoms with Crippen molar-refractivity contribution in [3.63, 3.8) is 0 Å². The van der Waals surface area contributed by atoms with E-state index in [1.54, 1.807) is 0 Å². The summed E-state index contributed by atoms with van der Waals surface area (Å²) in [4.78, 5) is 11.8. The Morgan fingerprint density at radius 1 is 1.13 bits per heavy atom. The third kappa shape index (κ3) is 2.90. The van der Waals surface area contributed by atoms with Gasteiger partial charge in [-0.2, -0.15) is 0 Å². The predicted octanol–water partition coefficient (Wildman–Crippen LogP) is 2.40. The quantitative estimate of drug-likeness (QED) is 0.765. The van der Waals surface area contributed by atoms with Gasteiger partial charge in [-0.15, -0.1) is 0 Å². The molecule has 0 fully saturated rings. The molecule has 15 heavy (non-hydrogen) atoms. The van der Waals surface area contributed by atoms with Gasteiger partial charge in [0.15, 0.2) is 5.78 Å². The summed E-state index contributed by atoms with van der Waals surface area (Å²) in [6, 6.07) is 4.07. The fraction of sp³-hybridized carbons (Fsp3) is 0.462. The first-order chi connectivity index (χ1) is 7.06. The number of benzene rings is 1. The van der Waals surface area contributed by atoms with Gasteiger partial charge >= 0.3 is 0 Å². The first-order valence-corrected chi connectivity index (χ1v) is 5.38. The highest BCUT2D eigenvalue weighted by Gasteiger charge is 2.09. The third-order valence-electron chi connectivity index (χ3n) is 2.68. The molecule has 0 atom stereocenters. The number of carbonyl (C=O) groups is 1. The van der Waals surface area contributed by atoms with E-state index >= 15 is 0 Å². The van der Waals surface area contributed by atoms with Crippen LogP contribution in [0.2, 0.25) is 0 Å². The molecule has 0 amide bonds. The van der Waals surface area contributed by atoms with Crippen LogP contribution in [0.1, 0.15) is 34.0 Å². The molecule has 0 aliphatic carbocycles. The number of ketones is 1. The molecule has 2 heteroatoms. The lowest BCUT2D eigenvalue weighted by Crippen LogP contribution is -2.23. The van der Waals surface area contributed by atoms with Gasteiger partial charge in [-0.1, -0.05) is 13.0 Å². The van der Waals surface area contributed by atoms with Crippen LogP contribution >= 0.6 is 0 Å². The van der Waals surface area contributed by atoms with Crippen molar-refractivity contribution in [2.45, 2.75) is 27.7 Å². The Balaban J connectivity index is 2.94. The summed E-state index contributed by atoms with van der Waals surface area (Å²) in [5.41, 5.74) is 4.34. The third-order valence-corrected chi connectivity index (χ3v) is 2.68. The molecule has 0 radical (unpaired) electrons. The van der Waals surface area contributed by atoms with Crippen molar-refractivity contribution in [2.75, 3.05) is 13.1 Å². The van der Waals surface area contributed by atoms with E-state index in [0.29, 0.717) is 6.54 Å². The smallest absolute Gasteiger partial charge is 0.176 e. The Labute approximate surface area is 91.7 Å². The van der Waals surface area contributed by atoms with E-state index < -0.39 is 0 Å².